The van der Waals surface area contributed by atoms with Crippen LogP contribution in [-0.4, -0.2) is 43.5 Å². The van der Waals surface area contributed by atoms with Crippen molar-refractivity contribution in [3.63, 3.8) is 0 Å². The van der Waals surface area contributed by atoms with E-state index >= 15 is 0 Å². The van der Waals surface area contributed by atoms with Crippen LogP contribution in [0.1, 0.15) is 31.9 Å². The van der Waals surface area contributed by atoms with E-state index < -0.39 is 12.2 Å². The minimum atomic E-state index is -1.65. The number of aldehydes is 1. The number of imide groups is 1. The highest BCUT2D eigenvalue weighted by atomic mass is 16.4. The summed E-state index contributed by atoms with van der Waals surface area (Å²) in [5, 5.41) is 24.8. The van der Waals surface area contributed by atoms with E-state index in [1.165, 1.54) is 0 Å². The fourth-order valence-corrected chi connectivity index (χ4v) is 3.31. The van der Waals surface area contributed by atoms with Gasteiger partial charge in [0, 0.05) is 29.4 Å². The average molecular weight is 384 g/mol. The number of carboxylic acid groups (broad SMARTS) is 2. The van der Waals surface area contributed by atoms with Crippen LogP contribution in [0.5, 0.6) is 0 Å². The summed E-state index contributed by atoms with van der Waals surface area (Å²) in [7, 11) is 0. The van der Waals surface area contributed by atoms with Gasteiger partial charge in [-0.25, -0.2) is 14.6 Å². The van der Waals surface area contributed by atoms with Gasteiger partial charge in [-0.15, -0.1) is 0 Å². The Balaban J connectivity index is 2.38. The molecule has 0 bridgehead atoms. The molecule has 2 heterocycles. The Morgan fingerprint density at radius 2 is 1.93 bits per heavy atom. The van der Waals surface area contributed by atoms with Crippen LogP contribution in [0, 0.1) is 0 Å². The maximum absolute atomic E-state index is 11.6. The number of amides is 2. The highest BCUT2D eigenvalue weighted by molar-refractivity contribution is 6.17. The monoisotopic (exact) mass is 384 g/mol. The molecule has 0 aliphatic rings. The van der Waals surface area contributed by atoms with Crippen molar-refractivity contribution in [2.24, 2.45) is 0 Å². The van der Waals surface area contributed by atoms with Crippen molar-refractivity contribution in [3.05, 3.63) is 30.0 Å². The molecule has 0 radical (unpaired) electrons. The molecule has 2 aromatic heterocycles. The molecule has 0 saturated heterocycles. The zero-order valence-electron chi connectivity index (χ0n) is 15.3. The van der Waals surface area contributed by atoms with Gasteiger partial charge in [-0.2, -0.15) is 10.00 Å². The number of aryl methyl sites for hydroxylation is 2. The molecule has 1 aromatic carbocycles. The lowest BCUT2D eigenvalue weighted by molar-refractivity contribution is -0.107. The topological polar surface area (TPSA) is 126 Å². The summed E-state index contributed by atoms with van der Waals surface area (Å²) in [4.78, 5) is 38.4. The molecular formula is C19H20N4O5. The fraction of sp³-hybridized carbons (Fsp3) is 0.316. The number of carbonyl (C=O) groups excluding carboxylic acids is 1. The first-order valence-electron chi connectivity index (χ1n) is 8.97. The molecule has 0 spiro atoms. The van der Waals surface area contributed by atoms with E-state index in [0.717, 1.165) is 23.8 Å². The normalized spacial score (nSPS) is 11.0. The van der Waals surface area contributed by atoms with Gasteiger partial charge in [-0.3, -0.25) is 4.68 Å². The fourth-order valence-electron chi connectivity index (χ4n) is 3.31. The number of hydrogen-bond donors (Lipinski definition) is 2. The summed E-state index contributed by atoms with van der Waals surface area (Å²) in [5.41, 5.74) is 1.54. The van der Waals surface area contributed by atoms with Crippen LogP contribution in [0.3, 0.4) is 0 Å². The van der Waals surface area contributed by atoms with Crippen LogP contribution in [0.25, 0.3) is 21.8 Å². The number of fused-ring (bicyclic) bond motifs is 3. The number of anilines is 1. The molecule has 2 amide bonds. The SMILES string of the molecule is CCCn1nc2c(N(C(=O)O)C(=O)O)nc3ccccc3c2c1CCCC=O. The lowest BCUT2D eigenvalue weighted by atomic mass is 10.0. The minimum Gasteiger partial charge on any atom is -0.464 e. The van der Waals surface area contributed by atoms with Crippen LogP contribution >= 0.6 is 0 Å². The van der Waals surface area contributed by atoms with Crippen LogP contribution in [0.2, 0.25) is 0 Å². The predicted octanol–water partition coefficient (Wildman–Crippen LogP) is 3.68. The summed E-state index contributed by atoms with van der Waals surface area (Å²) in [6.45, 7) is 2.57. The number of para-hydroxylation sites is 1. The third kappa shape index (κ3) is 3.38. The molecule has 0 saturated carbocycles. The standard InChI is InChI=1S/C19H20N4O5/c1-2-10-22-14(9-5-6-11-24)15-12-7-3-4-8-13(12)20-17(16(15)21-22)23(18(25)26)19(27)28/h3-4,7-8,11H,2,5-6,9-10H2,1H3,(H,25,26)(H,27,28). The molecule has 2 N–H and O–H groups in total. The molecule has 9 nitrogen and oxygen atoms in total. The third-order valence-electron chi connectivity index (χ3n) is 4.43. The van der Waals surface area contributed by atoms with Crippen LogP contribution in [-0.2, 0) is 17.8 Å². The first-order valence-corrected chi connectivity index (χ1v) is 8.97. The molecule has 9 heteroatoms. The lowest BCUT2D eigenvalue weighted by Crippen LogP contribution is -2.35. The molecule has 3 aromatic rings. The number of benzene rings is 1. The van der Waals surface area contributed by atoms with Crippen molar-refractivity contribution < 1.29 is 24.6 Å². The van der Waals surface area contributed by atoms with Crippen LogP contribution in [0.15, 0.2) is 24.3 Å². The lowest BCUT2D eigenvalue weighted by Gasteiger charge is -2.14. The van der Waals surface area contributed by atoms with Crippen molar-refractivity contribution in [1.29, 1.82) is 0 Å². The largest absolute Gasteiger partial charge is 0.464 e. The van der Waals surface area contributed by atoms with Gasteiger partial charge in [0.15, 0.2) is 5.82 Å². The summed E-state index contributed by atoms with van der Waals surface area (Å²) in [6.07, 6.45) is -0.0928. The molecule has 0 aliphatic heterocycles. The number of nitrogens with zero attached hydrogens (tertiary/aromatic N) is 4. The van der Waals surface area contributed by atoms with Gasteiger partial charge in [-0.05, 0) is 25.3 Å². The molecule has 28 heavy (non-hydrogen) atoms. The average Bonchev–Trinajstić information content (AvgIpc) is 3.01. The molecular weight excluding hydrogens is 364 g/mol. The van der Waals surface area contributed by atoms with Crippen LogP contribution in [0.4, 0.5) is 15.4 Å². The number of pyridine rings is 1. The maximum atomic E-state index is 11.6. The van der Waals surface area contributed by atoms with E-state index in [-0.39, 0.29) is 16.2 Å². The maximum Gasteiger partial charge on any atom is 0.422 e. The number of rotatable bonds is 7. The Morgan fingerprint density at radius 1 is 1.21 bits per heavy atom. The molecule has 0 aliphatic carbocycles. The summed E-state index contributed by atoms with van der Waals surface area (Å²) >= 11 is 0. The number of carbonyl (C=O) groups is 3. The van der Waals surface area contributed by atoms with E-state index in [9.17, 15) is 24.6 Å². The Kier molecular flexibility index (Phi) is 5.53. The first kappa shape index (κ1) is 19.3. The van der Waals surface area contributed by atoms with E-state index in [2.05, 4.69) is 10.1 Å². The number of hydrogen-bond acceptors (Lipinski definition) is 5. The van der Waals surface area contributed by atoms with Gasteiger partial charge in [0.2, 0.25) is 0 Å². The van der Waals surface area contributed by atoms with Gasteiger partial charge in [0.25, 0.3) is 0 Å². The quantitative estimate of drug-likeness (QED) is 0.470. The number of unbranched alkanes of at least 4 members (excludes halogenated alkanes) is 1. The van der Waals surface area contributed by atoms with Crippen LogP contribution < -0.4 is 4.90 Å². The van der Waals surface area contributed by atoms with Gasteiger partial charge < -0.3 is 15.0 Å². The van der Waals surface area contributed by atoms with Gasteiger partial charge in [-0.1, -0.05) is 25.1 Å². The van der Waals surface area contributed by atoms with Gasteiger partial charge in [0.05, 0.1) is 5.52 Å². The van der Waals surface area contributed by atoms with Crippen molar-refractivity contribution in [2.45, 2.75) is 39.2 Å². The second-order valence-corrected chi connectivity index (χ2v) is 6.31. The number of aromatic nitrogens is 3. The van der Waals surface area contributed by atoms with E-state index in [1.807, 2.05) is 19.1 Å². The molecule has 0 fully saturated rings. The molecule has 0 atom stereocenters. The smallest absolute Gasteiger partial charge is 0.422 e. The van der Waals surface area contributed by atoms with Gasteiger partial charge in [0.1, 0.15) is 11.8 Å². The Bertz CT molecular complexity index is 1050. The highest BCUT2D eigenvalue weighted by Gasteiger charge is 2.29. The van der Waals surface area contributed by atoms with E-state index in [4.69, 9.17) is 0 Å². The zero-order valence-corrected chi connectivity index (χ0v) is 15.3. The Hall–Kier alpha value is -3.49. The summed E-state index contributed by atoms with van der Waals surface area (Å²) < 4.78 is 1.76. The minimum absolute atomic E-state index is 0.188. The Morgan fingerprint density at radius 3 is 2.57 bits per heavy atom. The van der Waals surface area contributed by atoms with Crippen molar-refractivity contribution >= 4 is 46.1 Å². The van der Waals surface area contributed by atoms with Crippen molar-refractivity contribution in [1.82, 2.24) is 14.8 Å². The predicted molar refractivity (Wildman–Crippen MR) is 103 cm³/mol. The van der Waals surface area contributed by atoms with E-state index in [0.29, 0.717) is 36.7 Å². The zero-order chi connectivity index (χ0) is 20.3. The second-order valence-electron chi connectivity index (χ2n) is 6.31. The highest BCUT2D eigenvalue weighted by Crippen LogP contribution is 2.34. The molecule has 3 rings (SSSR count). The summed E-state index contributed by atoms with van der Waals surface area (Å²) in [6, 6.07) is 7.13. The Labute approximate surface area is 160 Å². The van der Waals surface area contributed by atoms with Crippen molar-refractivity contribution in [3.8, 4) is 0 Å². The molecule has 146 valence electrons. The molecule has 0 unspecified atom stereocenters. The third-order valence-corrected chi connectivity index (χ3v) is 4.43. The summed E-state index contributed by atoms with van der Waals surface area (Å²) in [5.74, 6) is -0.236. The van der Waals surface area contributed by atoms with E-state index in [1.54, 1.807) is 16.8 Å². The second kappa shape index (κ2) is 8.03. The van der Waals surface area contributed by atoms with Crippen molar-refractivity contribution in [2.75, 3.05) is 4.90 Å². The van der Waals surface area contributed by atoms with Gasteiger partial charge >= 0.3 is 12.2 Å². The first-order chi connectivity index (χ1) is 13.5.